The van der Waals surface area contributed by atoms with Gasteiger partial charge in [0, 0.05) is 12.1 Å². The van der Waals surface area contributed by atoms with Crippen molar-refractivity contribution < 1.29 is 18.0 Å². The van der Waals surface area contributed by atoms with Gasteiger partial charge in [-0.05, 0) is 64.3 Å². The van der Waals surface area contributed by atoms with E-state index in [-0.39, 0.29) is 12.5 Å². The highest BCUT2D eigenvalue weighted by atomic mass is 32.2. The molecule has 1 atom stereocenters. The molecule has 2 aromatic rings. The SMILES string of the molecule is CC[C@@H](C(=O)NC(C)(C)C)N(Cc1ccccc1C)C(=O)CN(c1ccc(C)cc1)S(C)(=O)=O. The van der Waals surface area contributed by atoms with Crippen molar-refractivity contribution in [1.29, 1.82) is 0 Å². The Morgan fingerprint density at radius 2 is 1.59 bits per heavy atom. The number of hydrogen-bond donors (Lipinski definition) is 1. The fraction of sp³-hybridized carbons (Fsp3) is 0.462. The van der Waals surface area contributed by atoms with Crippen LogP contribution in [0.15, 0.2) is 48.5 Å². The van der Waals surface area contributed by atoms with E-state index in [0.717, 1.165) is 27.3 Å². The van der Waals surface area contributed by atoms with Crippen molar-refractivity contribution in [3.63, 3.8) is 0 Å². The average molecular weight is 488 g/mol. The summed E-state index contributed by atoms with van der Waals surface area (Å²) in [6.45, 7) is 11.2. The Labute approximate surface area is 204 Å². The lowest BCUT2D eigenvalue weighted by Gasteiger charge is -2.34. The second kappa shape index (κ2) is 11.0. The molecule has 0 radical (unpaired) electrons. The summed E-state index contributed by atoms with van der Waals surface area (Å²) in [4.78, 5) is 28.3. The molecule has 186 valence electrons. The van der Waals surface area contributed by atoms with Gasteiger partial charge in [0.25, 0.3) is 0 Å². The first kappa shape index (κ1) is 27.4. The minimum Gasteiger partial charge on any atom is -0.350 e. The summed E-state index contributed by atoms with van der Waals surface area (Å²) in [7, 11) is -3.74. The lowest BCUT2D eigenvalue weighted by Crippen LogP contribution is -2.55. The van der Waals surface area contributed by atoms with Gasteiger partial charge in [0.1, 0.15) is 12.6 Å². The highest BCUT2D eigenvalue weighted by Gasteiger charge is 2.33. The van der Waals surface area contributed by atoms with Crippen molar-refractivity contribution in [3.05, 3.63) is 65.2 Å². The molecule has 0 bridgehead atoms. The predicted molar refractivity (Wildman–Crippen MR) is 137 cm³/mol. The second-order valence-electron chi connectivity index (χ2n) is 9.72. The number of hydrogen-bond acceptors (Lipinski definition) is 4. The fourth-order valence-electron chi connectivity index (χ4n) is 3.67. The third kappa shape index (κ3) is 7.58. The molecule has 0 aliphatic rings. The molecular weight excluding hydrogens is 450 g/mol. The maximum Gasteiger partial charge on any atom is 0.244 e. The molecule has 0 unspecified atom stereocenters. The van der Waals surface area contributed by atoms with Gasteiger partial charge >= 0.3 is 0 Å². The zero-order valence-corrected chi connectivity index (χ0v) is 22.1. The van der Waals surface area contributed by atoms with Gasteiger partial charge in [0.2, 0.25) is 21.8 Å². The van der Waals surface area contributed by atoms with Gasteiger partial charge in [-0.15, -0.1) is 0 Å². The third-order valence-corrected chi connectivity index (χ3v) is 6.63. The van der Waals surface area contributed by atoms with Gasteiger partial charge in [-0.2, -0.15) is 0 Å². The van der Waals surface area contributed by atoms with E-state index in [4.69, 9.17) is 0 Å². The summed E-state index contributed by atoms with van der Waals surface area (Å²) in [5, 5.41) is 2.96. The van der Waals surface area contributed by atoms with E-state index in [1.807, 2.05) is 65.8 Å². The Hall–Kier alpha value is -2.87. The number of carbonyl (C=O) groups excluding carboxylic acids is 2. The van der Waals surface area contributed by atoms with Crippen molar-refractivity contribution in [2.75, 3.05) is 17.1 Å². The second-order valence-corrected chi connectivity index (χ2v) is 11.6. The van der Waals surface area contributed by atoms with E-state index in [2.05, 4.69) is 5.32 Å². The van der Waals surface area contributed by atoms with Crippen LogP contribution in [0.5, 0.6) is 0 Å². The van der Waals surface area contributed by atoms with Gasteiger partial charge in [0.15, 0.2) is 0 Å². The minimum atomic E-state index is -3.74. The standard InChI is InChI=1S/C26H37N3O4S/c1-8-23(25(31)27-26(4,5)6)28(17-21-12-10-9-11-20(21)3)24(30)18-29(34(7,32)33)22-15-13-19(2)14-16-22/h9-16,23H,8,17-18H2,1-7H3,(H,27,31)/t23-/m0/s1. The number of rotatable bonds is 9. The summed E-state index contributed by atoms with van der Waals surface area (Å²) in [5.74, 6) is -0.705. The van der Waals surface area contributed by atoms with Gasteiger partial charge in [0.05, 0.1) is 11.9 Å². The Bertz CT molecular complexity index is 1110. The normalized spacial score (nSPS) is 12.7. The molecule has 1 N–H and O–H groups in total. The van der Waals surface area contributed by atoms with Crippen molar-refractivity contribution in [2.24, 2.45) is 0 Å². The number of aryl methyl sites for hydroxylation is 2. The minimum absolute atomic E-state index is 0.201. The van der Waals surface area contributed by atoms with E-state index in [1.54, 1.807) is 24.3 Å². The first-order chi connectivity index (χ1) is 15.7. The summed E-state index contributed by atoms with van der Waals surface area (Å²) in [6, 6.07) is 13.9. The van der Waals surface area contributed by atoms with E-state index < -0.39 is 34.1 Å². The first-order valence-corrected chi connectivity index (χ1v) is 13.3. The maximum atomic E-state index is 13.7. The van der Waals surface area contributed by atoms with Crippen LogP contribution >= 0.6 is 0 Å². The molecule has 7 nitrogen and oxygen atoms in total. The summed E-state index contributed by atoms with van der Waals surface area (Å²) >= 11 is 0. The van der Waals surface area contributed by atoms with Crippen LogP contribution in [-0.2, 0) is 26.2 Å². The van der Waals surface area contributed by atoms with E-state index in [0.29, 0.717) is 12.1 Å². The van der Waals surface area contributed by atoms with Crippen LogP contribution in [0, 0.1) is 13.8 Å². The Kier molecular flexibility index (Phi) is 8.89. The smallest absolute Gasteiger partial charge is 0.244 e. The third-order valence-electron chi connectivity index (χ3n) is 5.49. The number of carbonyl (C=O) groups is 2. The van der Waals surface area contributed by atoms with Gasteiger partial charge in [-0.3, -0.25) is 13.9 Å². The van der Waals surface area contributed by atoms with Crippen molar-refractivity contribution in [1.82, 2.24) is 10.2 Å². The lowest BCUT2D eigenvalue weighted by molar-refractivity contribution is -0.141. The van der Waals surface area contributed by atoms with E-state index in [9.17, 15) is 18.0 Å². The number of nitrogens with one attached hydrogen (secondary N) is 1. The van der Waals surface area contributed by atoms with Crippen LogP contribution < -0.4 is 9.62 Å². The first-order valence-electron chi connectivity index (χ1n) is 11.4. The Balaban J connectivity index is 2.46. The van der Waals surface area contributed by atoms with Crippen molar-refractivity contribution >= 4 is 27.5 Å². The monoisotopic (exact) mass is 487 g/mol. The van der Waals surface area contributed by atoms with Gasteiger partial charge < -0.3 is 10.2 Å². The Morgan fingerprint density at radius 1 is 1.00 bits per heavy atom. The highest BCUT2D eigenvalue weighted by Crippen LogP contribution is 2.21. The summed E-state index contributed by atoms with van der Waals surface area (Å²) in [5.41, 5.74) is 2.81. The summed E-state index contributed by atoms with van der Waals surface area (Å²) in [6.07, 6.45) is 1.47. The quantitative estimate of drug-likeness (QED) is 0.583. The molecule has 0 fully saturated rings. The van der Waals surface area contributed by atoms with Crippen LogP contribution in [0.1, 0.15) is 50.8 Å². The molecule has 0 heterocycles. The van der Waals surface area contributed by atoms with Crippen LogP contribution in [0.2, 0.25) is 0 Å². The number of nitrogens with zero attached hydrogens (tertiary/aromatic N) is 2. The highest BCUT2D eigenvalue weighted by molar-refractivity contribution is 7.92. The molecule has 2 rings (SSSR count). The molecule has 2 amide bonds. The fourth-order valence-corrected chi connectivity index (χ4v) is 4.52. The molecule has 0 aromatic heterocycles. The molecule has 0 saturated heterocycles. The molecule has 0 spiro atoms. The van der Waals surface area contributed by atoms with Crippen molar-refractivity contribution in [3.8, 4) is 0 Å². The van der Waals surface area contributed by atoms with Crippen molar-refractivity contribution in [2.45, 2.75) is 66.1 Å². The molecule has 2 aromatic carbocycles. The molecule has 0 aliphatic heterocycles. The van der Waals surface area contributed by atoms with Crippen LogP contribution in [0.4, 0.5) is 5.69 Å². The molecule has 8 heteroatoms. The maximum absolute atomic E-state index is 13.7. The molecule has 0 aliphatic carbocycles. The van der Waals surface area contributed by atoms with Crippen LogP contribution in [0.25, 0.3) is 0 Å². The lowest BCUT2D eigenvalue weighted by atomic mass is 10.0. The molecule has 0 saturated carbocycles. The number of amides is 2. The van der Waals surface area contributed by atoms with Gasteiger partial charge in [-0.25, -0.2) is 8.42 Å². The predicted octanol–water partition coefficient (Wildman–Crippen LogP) is 3.79. The van der Waals surface area contributed by atoms with E-state index >= 15 is 0 Å². The largest absolute Gasteiger partial charge is 0.350 e. The van der Waals surface area contributed by atoms with Gasteiger partial charge in [-0.1, -0.05) is 48.9 Å². The average Bonchev–Trinajstić information content (AvgIpc) is 2.71. The molecule has 34 heavy (non-hydrogen) atoms. The number of benzene rings is 2. The Morgan fingerprint density at radius 3 is 2.09 bits per heavy atom. The summed E-state index contributed by atoms with van der Waals surface area (Å²) < 4.78 is 26.3. The zero-order valence-electron chi connectivity index (χ0n) is 21.3. The number of sulfonamides is 1. The van der Waals surface area contributed by atoms with E-state index in [1.165, 1.54) is 4.90 Å². The zero-order chi connectivity index (χ0) is 25.7. The topological polar surface area (TPSA) is 86.8 Å². The van der Waals surface area contributed by atoms with Crippen LogP contribution in [-0.4, -0.2) is 49.5 Å². The molecular formula is C26H37N3O4S. The number of anilines is 1. The van der Waals surface area contributed by atoms with Crippen LogP contribution in [0.3, 0.4) is 0 Å².